The summed E-state index contributed by atoms with van der Waals surface area (Å²) in [5, 5.41) is 7.41. The van der Waals surface area contributed by atoms with Crippen LogP contribution in [-0.4, -0.2) is 65.3 Å². The molecule has 1 saturated carbocycles. The first kappa shape index (κ1) is 18.7. The number of hydrogen-bond acceptors (Lipinski definition) is 3. The maximum atomic E-state index is 12.1. The molecule has 1 saturated heterocycles. The van der Waals surface area contributed by atoms with E-state index in [-0.39, 0.29) is 0 Å². The van der Waals surface area contributed by atoms with Crippen molar-refractivity contribution in [2.24, 2.45) is 10.9 Å². The highest BCUT2D eigenvalue weighted by Gasteiger charge is 2.26. The molecule has 0 spiro atoms. The van der Waals surface area contributed by atoms with E-state index in [2.05, 4.69) is 27.4 Å². The predicted octanol–water partition coefficient (Wildman–Crippen LogP) is 1.57. The molecule has 5 nitrogen and oxygen atoms in total. The first-order valence-electron chi connectivity index (χ1n) is 9.22. The Morgan fingerprint density at radius 1 is 1.30 bits per heavy atom. The molecule has 2 aliphatic rings. The van der Waals surface area contributed by atoms with Gasteiger partial charge >= 0.3 is 0 Å². The Morgan fingerprint density at radius 2 is 2.13 bits per heavy atom. The minimum atomic E-state index is -0.667. The van der Waals surface area contributed by atoms with Crippen LogP contribution < -0.4 is 10.6 Å². The van der Waals surface area contributed by atoms with Crippen molar-refractivity contribution < 1.29 is 4.21 Å². The van der Waals surface area contributed by atoms with Crippen LogP contribution in [0.25, 0.3) is 0 Å². The van der Waals surface area contributed by atoms with Gasteiger partial charge in [0.2, 0.25) is 0 Å². The number of nitrogens with zero attached hydrogens (tertiary/aromatic N) is 2. The lowest BCUT2D eigenvalue weighted by Gasteiger charge is -2.30. The van der Waals surface area contributed by atoms with Gasteiger partial charge in [0.1, 0.15) is 0 Å². The maximum absolute atomic E-state index is 12.1. The van der Waals surface area contributed by atoms with Gasteiger partial charge in [-0.1, -0.05) is 20.3 Å². The molecule has 0 bridgehead atoms. The van der Waals surface area contributed by atoms with E-state index in [9.17, 15) is 4.21 Å². The Balaban J connectivity index is 1.75. The number of guanidine groups is 1. The zero-order valence-electron chi connectivity index (χ0n) is 15.0. The van der Waals surface area contributed by atoms with Crippen LogP contribution in [-0.2, 0) is 10.8 Å². The first-order chi connectivity index (χ1) is 11.2. The van der Waals surface area contributed by atoms with E-state index in [0.717, 1.165) is 50.0 Å². The molecule has 23 heavy (non-hydrogen) atoms. The Kier molecular flexibility index (Phi) is 7.83. The van der Waals surface area contributed by atoms with Crippen molar-refractivity contribution in [3.8, 4) is 0 Å². The molecule has 4 unspecified atom stereocenters. The lowest BCUT2D eigenvalue weighted by Crippen LogP contribution is -2.47. The third-order valence-electron chi connectivity index (χ3n) is 5.22. The van der Waals surface area contributed by atoms with Gasteiger partial charge in [0.15, 0.2) is 5.96 Å². The van der Waals surface area contributed by atoms with E-state index in [1.54, 1.807) is 0 Å². The Labute approximate surface area is 144 Å². The summed E-state index contributed by atoms with van der Waals surface area (Å²) in [6, 6.07) is 0.408. The van der Waals surface area contributed by atoms with Crippen molar-refractivity contribution in [2.45, 2.75) is 57.2 Å². The summed E-state index contributed by atoms with van der Waals surface area (Å²) in [5.74, 6) is 2.41. The van der Waals surface area contributed by atoms with Crippen LogP contribution in [0.5, 0.6) is 0 Å². The van der Waals surface area contributed by atoms with Crippen LogP contribution in [0.1, 0.15) is 46.0 Å². The molecule has 2 N–H and O–H groups in total. The van der Waals surface area contributed by atoms with E-state index >= 15 is 0 Å². The van der Waals surface area contributed by atoms with Gasteiger partial charge < -0.3 is 15.5 Å². The molecule has 1 heterocycles. The minimum absolute atomic E-state index is 0.359. The van der Waals surface area contributed by atoms with Crippen molar-refractivity contribution in [3.05, 3.63) is 0 Å². The number of nitrogens with one attached hydrogen (secondary N) is 2. The van der Waals surface area contributed by atoms with Crippen molar-refractivity contribution in [1.82, 2.24) is 15.5 Å². The summed E-state index contributed by atoms with van der Waals surface area (Å²) in [5.41, 5.74) is 0. The average Bonchev–Trinajstić information content (AvgIpc) is 3.06. The minimum Gasteiger partial charge on any atom is -0.356 e. The Hall–Kier alpha value is -0.620. The highest BCUT2D eigenvalue weighted by atomic mass is 32.2. The molecule has 0 aromatic heterocycles. The molecule has 0 aromatic rings. The van der Waals surface area contributed by atoms with Crippen LogP contribution in [0.2, 0.25) is 0 Å². The SMILES string of the molecule is CCN1CCC(CNC(=NC)NC2CCCC(S(=O)CC)C2)C1. The summed E-state index contributed by atoms with van der Waals surface area (Å²) in [4.78, 5) is 6.89. The highest BCUT2D eigenvalue weighted by Crippen LogP contribution is 2.23. The Bertz CT molecular complexity index is 415. The highest BCUT2D eigenvalue weighted by molar-refractivity contribution is 7.85. The standard InChI is InChI=1S/C17H34N4OS/c1-4-21-10-9-14(13-21)12-19-17(18-3)20-15-7-6-8-16(11-15)23(22)5-2/h14-16H,4-13H2,1-3H3,(H2,18,19,20). The Morgan fingerprint density at radius 3 is 2.78 bits per heavy atom. The van der Waals surface area contributed by atoms with Gasteiger partial charge in [0.05, 0.1) is 0 Å². The van der Waals surface area contributed by atoms with Gasteiger partial charge in [-0.25, -0.2) is 0 Å². The summed E-state index contributed by atoms with van der Waals surface area (Å²) < 4.78 is 12.1. The molecule has 2 fully saturated rings. The zero-order chi connectivity index (χ0) is 16.7. The maximum Gasteiger partial charge on any atom is 0.191 e. The third kappa shape index (κ3) is 5.75. The summed E-state index contributed by atoms with van der Waals surface area (Å²) in [7, 11) is 1.17. The normalized spacial score (nSPS) is 31.1. The second-order valence-corrected chi connectivity index (χ2v) is 8.81. The van der Waals surface area contributed by atoms with Crippen LogP contribution in [0.4, 0.5) is 0 Å². The lowest BCUT2D eigenvalue weighted by atomic mass is 9.95. The topological polar surface area (TPSA) is 56.7 Å². The summed E-state index contributed by atoms with van der Waals surface area (Å²) in [6.07, 6.45) is 5.72. The van der Waals surface area contributed by atoms with Crippen LogP contribution in [0.15, 0.2) is 4.99 Å². The van der Waals surface area contributed by atoms with Gasteiger partial charge in [-0.2, -0.15) is 0 Å². The molecule has 0 radical (unpaired) electrons. The fraction of sp³-hybridized carbons (Fsp3) is 0.941. The van der Waals surface area contributed by atoms with Crippen LogP contribution in [0.3, 0.4) is 0 Å². The van der Waals surface area contributed by atoms with E-state index in [1.165, 1.54) is 25.9 Å². The largest absolute Gasteiger partial charge is 0.356 e. The molecule has 4 atom stereocenters. The van der Waals surface area contributed by atoms with Gasteiger partial charge in [0.25, 0.3) is 0 Å². The summed E-state index contributed by atoms with van der Waals surface area (Å²) >= 11 is 0. The molecule has 6 heteroatoms. The number of aliphatic imine (C=N–C) groups is 1. The molecule has 0 aromatic carbocycles. The number of hydrogen-bond donors (Lipinski definition) is 2. The van der Waals surface area contributed by atoms with E-state index in [1.807, 2.05) is 14.0 Å². The van der Waals surface area contributed by atoms with Crippen molar-refractivity contribution in [2.75, 3.05) is 39.0 Å². The molecular formula is C17H34N4OS. The van der Waals surface area contributed by atoms with Gasteiger partial charge in [-0.15, -0.1) is 0 Å². The quantitative estimate of drug-likeness (QED) is 0.568. The van der Waals surface area contributed by atoms with E-state index < -0.39 is 10.8 Å². The predicted molar refractivity (Wildman–Crippen MR) is 99.4 cm³/mol. The van der Waals surface area contributed by atoms with Crippen molar-refractivity contribution in [3.63, 3.8) is 0 Å². The second kappa shape index (κ2) is 9.62. The fourth-order valence-electron chi connectivity index (χ4n) is 3.75. The van der Waals surface area contributed by atoms with Crippen LogP contribution >= 0.6 is 0 Å². The average molecular weight is 343 g/mol. The van der Waals surface area contributed by atoms with Gasteiger partial charge in [0, 0.05) is 48.0 Å². The molecule has 1 aliphatic carbocycles. The van der Waals surface area contributed by atoms with Crippen molar-refractivity contribution >= 4 is 16.8 Å². The van der Waals surface area contributed by atoms with Gasteiger partial charge in [-0.3, -0.25) is 9.20 Å². The molecule has 2 rings (SSSR count). The van der Waals surface area contributed by atoms with Crippen molar-refractivity contribution in [1.29, 1.82) is 0 Å². The third-order valence-corrected chi connectivity index (χ3v) is 6.96. The number of likely N-dealkylation sites (tertiary alicyclic amines) is 1. The molecular weight excluding hydrogens is 308 g/mol. The molecule has 1 aliphatic heterocycles. The van der Waals surface area contributed by atoms with Crippen LogP contribution in [0, 0.1) is 5.92 Å². The molecule has 134 valence electrons. The zero-order valence-corrected chi connectivity index (χ0v) is 15.8. The number of rotatable bonds is 6. The summed E-state index contributed by atoms with van der Waals surface area (Å²) in [6.45, 7) is 8.82. The lowest BCUT2D eigenvalue weighted by molar-refractivity contribution is 0.341. The second-order valence-electron chi connectivity index (χ2n) is 6.80. The smallest absolute Gasteiger partial charge is 0.191 e. The monoisotopic (exact) mass is 342 g/mol. The first-order valence-corrected chi connectivity index (χ1v) is 10.6. The fourth-order valence-corrected chi connectivity index (χ4v) is 5.09. The van der Waals surface area contributed by atoms with Gasteiger partial charge in [-0.05, 0) is 44.7 Å². The van der Waals surface area contributed by atoms with E-state index in [4.69, 9.17) is 0 Å². The van der Waals surface area contributed by atoms with E-state index in [0.29, 0.717) is 11.3 Å². The molecule has 0 amide bonds.